The molecule has 0 fully saturated rings. The third-order valence-electron chi connectivity index (χ3n) is 4.78. The fraction of sp³-hybridized carbons (Fsp3) is 0.190. The van der Waals surface area contributed by atoms with Gasteiger partial charge in [0.15, 0.2) is 16.4 Å². The van der Waals surface area contributed by atoms with E-state index in [1.807, 2.05) is 11.5 Å². The van der Waals surface area contributed by atoms with Crippen molar-refractivity contribution in [2.45, 2.75) is 23.6 Å². The molecule has 0 atom stereocenters. The number of nitrogens with two attached hydrogens (primary N) is 1. The van der Waals surface area contributed by atoms with E-state index in [1.165, 1.54) is 36.4 Å². The smallest absolute Gasteiger partial charge is 0.238 e. The molecule has 0 spiro atoms. The zero-order valence-electron chi connectivity index (χ0n) is 17.2. The van der Waals surface area contributed by atoms with Crippen LogP contribution in [0.25, 0.3) is 5.69 Å². The van der Waals surface area contributed by atoms with E-state index < -0.39 is 19.9 Å². The van der Waals surface area contributed by atoms with Gasteiger partial charge >= 0.3 is 0 Å². The van der Waals surface area contributed by atoms with Crippen LogP contribution >= 0.6 is 0 Å². The number of carbonyl (C=O) groups is 1. The number of rotatable bonds is 7. The van der Waals surface area contributed by atoms with Gasteiger partial charge in [0.05, 0.1) is 9.79 Å². The number of sulfone groups is 1. The summed E-state index contributed by atoms with van der Waals surface area (Å²) >= 11 is 0. The number of carbonyl (C=O) groups excluding carboxylic acids is 1. The molecule has 0 saturated carbocycles. The Morgan fingerprint density at radius 2 is 1.48 bits per heavy atom. The molecule has 31 heavy (non-hydrogen) atoms. The average molecular weight is 463 g/mol. The second kappa shape index (κ2) is 8.29. The number of aryl methyl sites for hydroxylation is 1. The molecule has 0 amide bonds. The van der Waals surface area contributed by atoms with Crippen LogP contribution in [0.4, 0.5) is 0 Å². The maximum Gasteiger partial charge on any atom is 0.238 e. The van der Waals surface area contributed by atoms with Gasteiger partial charge in [-0.15, -0.1) is 0 Å². The van der Waals surface area contributed by atoms with Crippen molar-refractivity contribution in [3.63, 3.8) is 0 Å². The second-order valence-electron chi connectivity index (χ2n) is 7.11. The summed E-state index contributed by atoms with van der Waals surface area (Å²) in [6, 6.07) is 13.6. The van der Waals surface area contributed by atoms with Crippen LogP contribution in [0, 0.1) is 13.8 Å². The molecule has 0 aliphatic carbocycles. The first-order valence-electron chi connectivity index (χ1n) is 9.16. The van der Waals surface area contributed by atoms with Crippen LogP contribution < -0.4 is 9.88 Å². The molecule has 3 aromatic rings. The molecule has 10 heteroatoms. The van der Waals surface area contributed by atoms with Gasteiger partial charge in [-0.2, -0.15) is 0 Å². The normalized spacial score (nSPS) is 12.0. The number of benzene rings is 2. The van der Waals surface area contributed by atoms with Crippen LogP contribution in [0.5, 0.6) is 5.75 Å². The molecule has 164 valence electrons. The standard InChI is InChI=1S/C21H22N2O6S2/c1-14-12-20(15(2)23(14)16-4-8-19(9-5-16)31(22,27)28)21(24)13-29-17-6-10-18(11-7-17)30(3,25)26/h4-12H,13H2,1-3H3,(H2,22,27,28). The van der Waals surface area contributed by atoms with Crippen molar-refractivity contribution in [2.24, 2.45) is 5.14 Å². The predicted octanol–water partition coefficient (Wildman–Crippen LogP) is 2.41. The molecule has 1 aromatic heterocycles. The summed E-state index contributed by atoms with van der Waals surface area (Å²) in [6.45, 7) is 3.41. The van der Waals surface area contributed by atoms with Crippen LogP contribution in [0.2, 0.25) is 0 Å². The Morgan fingerprint density at radius 3 is 2.00 bits per heavy atom. The number of nitrogens with zero attached hydrogens (tertiary/aromatic N) is 1. The van der Waals surface area contributed by atoms with Crippen molar-refractivity contribution in [3.05, 3.63) is 71.5 Å². The molecule has 0 unspecified atom stereocenters. The zero-order valence-corrected chi connectivity index (χ0v) is 18.8. The molecule has 3 rings (SSSR count). The van der Waals surface area contributed by atoms with E-state index in [1.54, 1.807) is 25.1 Å². The summed E-state index contributed by atoms with van der Waals surface area (Å²) < 4.78 is 53.3. The van der Waals surface area contributed by atoms with Crippen LogP contribution in [0.15, 0.2) is 64.4 Å². The van der Waals surface area contributed by atoms with E-state index in [0.717, 1.165) is 11.9 Å². The lowest BCUT2D eigenvalue weighted by molar-refractivity contribution is 0.0921. The summed E-state index contributed by atoms with van der Waals surface area (Å²) in [7, 11) is -7.09. The Bertz CT molecular complexity index is 1340. The number of Topliss-reactive ketones (excluding diaryl/α,β-unsaturated/α-hetero) is 1. The topological polar surface area (TPSA) is 126 Å². The molecule has 8 nitrogen and oxygen atoms in total. The van der Waals surface area contributed by atoms with E-state index in [0.29, 0.717) is 22.7 Å². The van der Waals surface area contributed by atoms with Gasteiger partial charge in [0.25, 0.3) is 0 Å². The van der Waals surface area contributed by atoms with E-state index in [2.05, 4.69) is 0 Å². The van der Waals surface area contributed by atoms with E-state index in [-0.39, 0.29) is 22.2 Å². The van der Waals surface area contributed by atoms with Crippen LogP contribution in [-0.2, 0) is 19.9 Å². The lowest BCUT2D eigenvalue weighted by atomic mass is 10.1. The van der Waals surface area contributed by atoms with Crippen LogP contribution in [0.1, 0.15) is 21.7 Å². The highest BCUT2D eigenvalue weighted by Crippen LogP contribution is 2.23. The van der Waals surface area contributed by atoms with Crippen molar-refractivity contribution in [1.29, 1.82) is 0 Å². The zero-order chi connectivity index (χ0) is 23.0. The van der Waals surface area contributed by atoms with Gasteiger partial charge < -0.3 is 9.30 Å². The van der Waals surface area contributed by atoms with E-state index >= 15 is 0 Å². The molecular formula is C21H22N2O6S2. The first-order chi connectivity index (χ1) is 14.4. The molecule has 0 bridgehead atoms. The highest BCUT2D eigenvalue weighted by atomic mass is 32.2. The predicted molar refractivity (Wildman–Crippen MR) is 116 cm³/mol. The maximum atomic E-state index is 12.7. The molecule has 0 saturated heterocycles. The average Bonchev–Trinajstić information content (AvgIpc) is 2.99. The fourth-order valence-electron chi connectivity index (χ4n) is 3.24. The monoisotopic (exact) mass is 462 g/mol. The molecule has 2 aromatic carbocycles. The third kappa shape index (κ3) is 5.04. The van der Waals surface area contributed by atoms with Gasteiger partial charge in [-0.05, 0) is 68.4 Å². The number of aromatic nitrogens is 1. The second-order valence-corrected chi connectivity index (χ2v) is 10.7. The van der Waals surface area contributed by atoms with Crippen molar-refractivity contribution in [3.8, 4) is 11.4 Å². The van der Waals surface area contributed by atoms with Gasteiger partial charge in [-0.3, -0.25) is 4.79 Å². The van der Waals surface area contributed by atoms with Crippen molar-refractivity contribution < 1.29 is 26.4 Å². The highest BCUT2D eigenvalue weighted by Gasteiger charge is 2.18. The Hall–Kier alpha value is -2.95. The summed E-state index contributed by atoms with van der Waals surface area (Å²) in [5.74, 6) is 0.140. The summed E-state index contributed by atoms with van der Waals surface area (Å²) in [4.78, 5) is 12.9. The Balaban J connectivity index is 1.79. The third-order valence-corrected chi connectivity index (χ3v) is 6.83. The van der Waals surface area contributed by atoms with Gasteiger partial charge in [-0.25, -0.2) is 22.0 Å². The highest BCUT2D eigenvalue weighted by molar-refractivity contribution is 7.90. The summed E-state index contributed by atoms with van der Waals surface area (Å²) in [5, 5.41) is 5.14. The lowest BCUT2D eigenvalue weighted by Gasteiger charge is -2.11. The van der Waals surface area contributed by atoms with Gasteiger partial charge in [0.1, 0.15) is 5.75 Å². The number of hydrogen-bond donors (Lipinski definition) is 1. The Morgan fingerprint density at radius 1 is 0.935 bits per heavy atom. The quantitative estimate of drug-likeness (QED) is 0.538. The van der Waals surface area contributed by atoms with Crippen molar-refractivity contribution >= 4 is 25.6 Å². The lowest BCUT2D eigenvalue weighted by Crippen LogP contribution is -2.13. The van der Waals surface area contributed by atoms with E-state index in [9.17, 15) is 21.6 Å². The van der Waals surface area contributed by atoms with E-state index in [4.69, 9.17) is 9.88 Å². The van der Waals surface area contributed by atoms with Crippen LogP contribution in [0.3, 0.4) is 0 Å². The number of ether oxygens (including phenoxy) is 1. The maximum absolute atomic E-state index is 12.7. The number of ketones is 1. The van der Waals surface area contributed by atoms with Gasteiger partial charge in [-0.1, -0.05) is 0 Å². The SMILES string of the molecule is Cc1cc(C(=O)COc2ccc(S(C)(=O)=O)cc2)c(C)n1-c1ccc(S(N)(=O)=O)cc1. The molecule has 1 heterocycles. The van der Waals surface area contributed by atoms with Crippen molar-refractivity contribution in [2.75, 3.05) is 12.9 Å². The minimum absolute atomic E-state index is 0.00491. The minimum Gasteiger partial charge on any atom is -0.485 e. The molecule has 0 radical (unpaired) electrons. The summed E-state index contributed by atoms with van der Waals surface area (Å²) in [6.07, 6.45) is 1.12. The molecular weight excluding hydrogens is 440 g/mol. The Kier molecular flexibility index (Phi) is 6.08. The largest absolute Gasteiger partial charge is 0.485 e. The van der Waals surface area contributed by atoms with Gasteiger partial charge in [0, 0.05) is 28.9 Å². The number of hydrogen-bond acceptors (Lipinski definition) is 6. The van der Waals surface area contributed by atoms with Gasteiger partial charge in [0.2, 0.25) is 15.8 Å². The molecule has 0 aliphatic rings. The van der Waals surface area contributed by atoms with Crippen molar-refractivity contribution in [1.82, 2.24) is 4.57 Å². The fourth-order valence-corrected chi connectivity index (χ4v) is 4.38. The summed E-state index contributed by atoms with van der Waals surface area (Å²) in [5.41, 5.74) is 2.64. The molecule has 2 N–H and O–H groups in total. The van der Waals surface area contributed by atoms with Crippen LogP contribution in [-0.4, -0.2) is 40.0 Å². The first kappa shape index (κ1) is 22.7. The first-order valence-corrected chi connectivity index (χ1v) is 12.6. The number of primary sulfonamides is 1. The molecule has 0 aliphatic heterocycles. The Labute approximate surface area is 181 Å². The minimum atomic E-state index is -3.79. The number of sulfonamides is 1.